The lowest BCUT2D eigenvalue weighted by Crippen LogP contribution is -2.41. The number of amides is 1. The zero-order valence-corrected chi connectivity index (χ0v) is 15.5. The van der Waals surface area contributed by atoms with Crippen LogP contribution in [0, 0.1) is 11.8 Å². The van der Waals surface area contributed by atoms with Crippen LogP contribution in [-0.2, 0) is 4.79 Å². The fraction of sp³-hybridized carbons (Fsp3) is 0.700. The van der Waals surface area contributed by atoms with Gasteiger partial charge in [-0.2, -0.15) is 0 Å². The number of likely N-dealkylation sites (tertiary alicyclic amines) is 1. The highest BCUT2D eigenvalue weighted by molar-refractivity contribution is 5.78. The van der Waals surface area contributed by atoms with Gasteiger partial charge in [-0.1, -0.05) is 6.92 Å². The van der Waals surface area contributed by atoms with Crippen LogP contribution in [0.15, 0.2) is 24.5 Å². The molecule has 3 heterocycles. The molecule has 5 nitrogen and oxygen atoms in total. The largest absolute Gasteiger partial charge is 0.371 e. The lowest BCUT2D eigenvalue weighted by molar-refractivity contribution is -0.125. The number of pyridine rings is 1. The first-order valence-corrected chi connectivity index (χ1v) is 9.87. The third-order valence-corrected chi connectivity index (χ3v) is 5.59. The lowest BCUT2D eigenvalue weighted by Gasteiger charge is -2.33. The van der Waals surface area contributed by atoms with Crippen molar-refractivity contribution in [2.75, 3.05) is 44.2 Å². The van der Waals surface area contributed by atoms with Gasteiger partial charge in [-0.3, -0.25) is 9.78 Å². The van der Waals surface area contributed by atoms with Crippen molar-refractivity contribution in [3.8, 4) is 0 Å². The molecular weight excluding hydrogens is 312 g/mol. The monoisotopic (exact) mass is 344 g/mol. The molecule has 138 valence electrons. The van der Waals surface area contributed by atoms with Crippen molar-refractivity contribution in [3.63, 3.8) is 0 Å². The van der Waals surface area contributed by atoms with E-state index in [1.165, 1.54) is 31.6 Å². The zero-order valence-electron chi connectivity index (χ0n) is 15.5. The maximum atomic E-state index is 12.4. The van der Waals surface area contributed by atoms with Crippen molar-refractivity contribution in [1.29, 1.82) is 0 Å². The lowest BCUT2D eigenvalue weighted by atomic mass is 9.95. The molecule has 1 aromatic heterocycles. The van der Waals surface area contributed by atoms with E-state index in [2.05, 4.69) is 27.0 Å². The number of hydrogen-bond donors (Lipinski definition) is 1. The van der Waals surface area contributed by atoms with Crippen LogP contribution in [0.3, 0.4) is 0 Å². The molecular formula is C20H32N4O. The number of aromatic nitrogens is 1. The number of carbonyl (C=O) groups excluding carboxylic acids is 1. The quantitative estimate of drug-likeness (QED) is 0.806. The summed E-state index contributed by atoms with van der Waals surface area (Å²) in [4.78, 5) is 21.4. The highest BCUT2D eigenvalue weighted by atomic mass is 16.1. The molecule has 0 aliphatic carbocycles. The molecule has 5 heteroatoms. The fourth-order valence-corrected chi connectivity index (χ4v) is 4.10. The van der Waals surface area contributed by atoms with Crippen molar-refractivity contribution in [3.05, 3.63) is 24.5 Å². The highest BCUT2D eigenvalue weighted by Crippen LogP contribution is 2.22. The second-order valence-electron chi connectivity index (χ2n) is 7.66. The molecule has 25 heavy (non-hydrogen) atoms. The van der Waals surface area contributed by atoms with E-state index in [1.807, 2.05) is 24.5 Å². The molecule has 1 atom stereocenters. The third kappa shape index (κ3) is 5.43. The molecule has 0 radical (unpaired) electrons. The summed E-state index contributed by atoms with van der Waals surface area (Å²) in [6.45, 7) is 8.63. The molecule has 3 rings (SSSR count). The minimum Gasteiger partial charge on any atom is -0.371 e. The molecule has 2 saturated heterocycles. The number of nitrogens with one attached hydrogen (secondary N) is 1. The van der Waals surface area contributed by atoms with E-state index in [1.54, 1.807) is 0 Å². The molecule has 2 fully saturated rings. The molecule has 1 amide bonds. The first-order chi connectivity index (χ1) is 12.2. The van der Waals surface area contributed by atoms with Crippen LogP contribution < -0.4 is 10.2 Å². The molecule has 0 saturated carbocycles. The van der Waals surface area contributed by atoms with Crippen molar-refractivity contribution < 1.29 is 4.79 Å². The van der Waals surface area contributed by atoms with E-state index in [9.17, 15) is 4.79 Å². The van der Waals surface area contributed by atoms with Crippen LogP contribution in [0.25, 0.3) is 0 Å². The molecule has 1 unspecified atom stereocenters. The molecule has 2 aliphatic heterocycles. The van der Waals surface area contributed by atoms with Gasteiger partial charge < -0.3 is 15.1 Å². The maximum absolute atomic E-state index is 12.4. The minimum absolute atomic E-state index is 0.174. The second kappa shape index (κ2) is 9.18. The van der Waals surface area contributed by atoms with E-state index >= 15 is 0 Å². The predicted octanol–water partition coefficient (Wildman–Crippen LogP) is 2.54. The van der Waals surface area contributed by atoms with Gasteiger partial charge in [0, 0.05) is 50.2 Å². The topological polar surface area (TPSA) is 48.5 Å². The van der Waals surface area contributed by atoms with Crippen LogP contribution in [0.5, 0.6) is 0 Å². The van der Waals surface area contributed by atoms with Gasteiger partial charge in [0.05, 0.1) is 0 Å². The second-order valence-corrected chi connectivity index (χ2v) is 7.66. The highest BCUT2D eigenvalue weighted by Gasteiger charge is 2.25. The molecule has 1 aromatic rings. The Bertz CT molecular complexity index is 528. The molecule has 0 aromatic carbocycles. The number of rotatable bonds is 6. The third-order valence-electron chi connectivity index (χ3n) is 5.59. The van der Waals surface area contributed by atoms with Crippen LogP contribution >= 0.6 is 0 Å². The van der Waals surface area contributed by atoms with Crippen LogP contribution in [0.2, 0.25) is 0 Å². The Morgan fingerprint density at radius 3 is 2.68 bits per heavy atom. The first kappa shape index (κ1) is 18.2. The van der Waals surface area contributed by atoms with Gasteiger partial charge >= 0.3 is 0 Å². The number of piperidine rings is 2. The average Bonchev–Trinajstić information content (AvgIpc) is 2.66. The number of nitrogens with zero attached hydrogens (tertiary/aromatic N) is 3. The summed E-state index contributed by atoms with van der Waals surface area (Å²) < 4.78 is 0. The van der Waals surface area contributed by atoms with Crippen molar-refractivity contribution >= 4 is 11.6 Å². The van der Waals surface area contributed by atoms with Crippen molar-refractivity contribution in [1.82, 2.24) is 15.2 Å². The molecule has 0 bridgehead atoms. The first-order valence-electron chi connectivity index (χ1n) is 9.87. The Hall–Kier alpha value is -1.62. The summed E-state index contributed by atoms with van der Waals surface area (Å²) in [5.74, 6) is 1.25. The van der Waals surface area contributed by atoms with Crippen molar-refractivity contribution in [2.45, 2.75) is 39.0 Å². The van der Waals surface area contributed by atoms with Gasteiger partial charge in [-0.25, -0.2) is 0 Å². The fourth-order valence-electron chi connectivity index (χ4n) is 4.10. The van der Waals surface area contributed by atoms with Crippen LogP contribution in [0.1, 0.15) is 39.0 Å². The van der Waals surface area contributed by atoms with Gasteiger partial charge in [-0.15, -0.1) is 0 Å². The van der Waals surface area contributed by atoms with E-state index in [-0.39, 0.29) is 11.8 Å². The maximum Gasteiger partial charge on any atom is 0.223 e. The Balaban J connectivity index is 1.31. The summed E-state index contributed by atoms with van der Waals surface area (Å²) in [6.07, 6.45) is 9.30. The number of anilines is 1. The SMILES string of the molecule is CC1CCCN(CCCNC(=O)C2CCN(c3ccncc3)CC2)C1. The Labute approximate surface area is 151 Å². The van der Waals surface area contributed by atoms with Crippen molar-refractivity contribution in [2.24, 2.45) is 11.8 Å². The van der Waals surface area contributed by atoms with Gasteiger partial charge in [0.2, 0.25) is 5.91 Å². The summed E-state index contributed by atoms with van der Waals surface area (Å²) in [5, 5.41) is 3.16. The van der Waals surface area contributed by atoms with Gasteiger partial charge in [-0.05, 0) is 63.2 Å². The number of carbonyl (C=O) groups is 1. The van der Waals surface area contributed by atoms with E-state index in [0.29, 0.717) is 0 Å². The predicted molar refractivity (Wildman–Crippen MR) is 102 cm³/mol. The van der Waals surface area contributed by atoms with E-state index < -0.39 is 0 Å². The summed E-state index contributed by atoms with van der Waals surface area (Å²) in [5.41, 5.74) is 1.21. The minimum atomic E-state index is 0.174. The molecule has 1 N–H and O–H groups in total. The Kier molecular flexibility index (Phi) is 6.68. The molecule has 0 spiro atoms. The standard InChI is InChI=1S/C20H32N4O/c1-17-4-2-12-23(16-17)13-3-9-22-20(25)18-7-14-24(15-8-18)19-5-10-21-11-6-19/h5-6,10-11,17-18H,2-4,7-9,12-16H2,1H3,(H,22,25). The van der Waals surface area contributed by atoms with Crippen LogP contribution in [0.4, 0.5) is 5.69 Å². The summed E-state index contributed by atoms with van der Waals surface area (Å²) >= 11 is 0. The normalized spacial score (nSPS) is 22.8. The Morgan fingerprint density at radius 2 is 1.96 bits per heavy atom. The van der Waals surface area contributed by atoms with Gasteiger partial charge in [0.15, 0.2) is 0 Å². The summed E-state index contributed by atoms with van der Waals surface area (Å²) in [6, 6.07) is 4.09. The van der Waals surface area contributed by atoms with Gasteiger partial charge in [0.25, 0.3) is 0 Å². The average molecular weight is 345 g/mol. The number of hydrogen-bond acceptors (Lipinski definition) is 4. The van der Waals surface area contributed by atoms with Gasteiger partial charge in [0.1, 0.15) is 0 Å². The van der Waals surface area contributed by atoms with E-state index in [4.69, 9.17) is 0 Å². The Morgan fingerprint density at radius 1 is 1.20 bits per heavy atom. The van der Waals surface area contributed by atoms with E-state index in [0.717, 1.165) is 51.4 Å². The van der Waals surface area contributed by atoms with Crippen LogP contribution in [-0.4, -0.2) is 55.1 Å². The smallest absolute Gasteiger partial charge is 0.223 e. The molecule has 2 aliphatic rings. The summed E-state index contributed by atoms with van der Waals surface area (Å²) in [7, 11) is 0. The zero-order chi connectivity index (χ0) is 17.5.